The summed E-state index contributed by atoms with van der Waals surface area (Å²) in [5.74, 6) is -0.0872. The van der Waals surface area contributed by atoms with Gasteiger partial charge in [0.05, 0.1) is 17.8 Å². The molecule has 0 bridgehead atoms. The summed E-state index contributed by atoms with van der Waals surface area (Å²) in [4.78, 5) is 16.8. The summed E-state index contributed by atoms with van der Waals surface area (Å²) < 4.78 is 2.10. The Kier molecular flexibility index (Phi) is 8.47. The third kappa shape index (κ3) is 5.23. The molecular weight excluding hydrogens is 347 g/mol. The summed E-state index contributed by atoms with van der Waals surface area (Å²) in [7, 11) is 0. The summed E-state index contributed by atoms with van der Waals surface area (Å²) in [5.41, 5.74) is 8.90. The summed E-state index contributed by atoms with van der Waals surface area (Å²) in [5, 5.41) is 2.97. The molecule has 3 N–H and O–H groups in total. The van der Waals surface area contributed by atoms with Crippen molar-refractivity contribution < 1.29 is 4.79 Å². The predicted octanol–water partition coefficient (Wildman–Crippen LogP) is 2.86. The standard InChI is InChI=1S/C17H24N4O.2ClH/c1-12-9-15(16(22)20-17(3,4)11-18)13(2)21(12)10-14-7-5-6-8-19-14;;/h5-9H,10-11,18H2,1-4H3,(H,20,22);2*1H. The van der Waals surface area contributed by atoms with E-state index in [1.807, 2.05) is 52.0 Å². The van der Waals surface area contributed by atoms with Gasteiger partial charge in [-0.3, -0.25) is 9.78 Å². The molecule has 0 aliphatic rings. The molecule has 1 amide bonds. The van der Waals surface area contributed by atoms with Crippen LogP contribution in [0, 0.1) is 13.8 Å². The predicted molar refractivity (Wildman–Crippen MR) is 102 cm³/mol. The van der Waals surface area contributed by atoms with Crippen molar-refractivity contribution >= 4 is 30.7 Å². The van der Waals surface area contributed by atoms with E-state index >= 15 is 0 Å². The van der Waals surface area contributed by atoms with Gasteiger partial charge in [-0.2, -0.15) is 0 Å². The van der Waals surface area contributed by atoms with E-state index in [1.165, 1.54) is 0 Å². The number of pyridine rings is 1. The largest absolute Gasteiger partial charge is 0.346 e. The molecule has 0 saturated heterocycles. The zero-order valence-electron chi connectivity index (χ0n) is 14.5. The Morgan fingerprint density at radius 3 is 2.50 bits per heavy atom. The van der Waals surface area contributed by atoms with Crippen molar-refractivity contribution in [3.8, 4) is 0 Å². The van der Waals surface area contributed by atoms with Crippen molar-refractivity contribution in [3.05, 3.63) is 53.1 Å². The molecule has 2 aromatic heterocycles. The second kappa shape index (κ2) is 9.06. The number of aryl methyl sites for hydroxylation is 1. The van der Waals surface area contributed by atoms with E-state index in [0.717, 1.165) is 17.1 Å². The van der Waals surface area contributed by atoms with Crippen molar-refractivity contribution in [2.24, 2.45) is 5.73 Å². The van der Waals surface area contributed by atoms with Crippen LogP contribution in [0.4, 0.5) is 0 Å². The maximum absolute atomic E-state index is 12.5. The fourth-order valence-corrected chi connectivity index (χ4v) is 2.35. The Balaban J connectivity index is 0.00000264. The minimum Gasteiger partial charge on any atom is -0.346 e. The van der Waals surface area contributed by atoms with Gasteiger partial charge >= 0.3 is 0 Å². The van der Waals surface area contributed by atoms with Crippen LogP contribution in [0.3, 0.4) is 0 Å². The molecule has 0 fully saturated rings. The fraction of sp³-hybridized carbons (Fsp3) is 0.412. The van der Waals surface area contributed by atoms with E-state index in [9.17, 15) is 4.79 Å². The zero-order chi connectivity index (χ0) is 16.3. The van der Waals surface area contributed by atoms with Gasteiger partial charge in [0.15, 0.2) is 0 Å². The lowest BCUT2D eigenvalue weighted by molar-refractivity contribution is 0.0915. The Bertz CT molecular complexity index is 669. The van der Waals surface area contributed by atoms with Gasteiger partial charge in [0.2, 0.25) is 0 Å². The topological polar surface area (TPSA) is 72.9 Å². The summed E-state index contributed by atoms with van der Waals surface area (Å²) >= 11 is 0. The zero-order valence-corrected chi connectivity index (χ0v) is 16.1. The van der Waals surface area contributed by atoms with Crippen LogP contribution in [0.25, 0.3) is 0 Å². The molecule has 0 spiro atoms. The van der Waals surface area contributed by atoms with Gasteiger partial charge in [0, 0.05) is 29.7 Å². The molecule has 0 saturated carbocycles. The number of halogens is 2. The summed E-state index contributed by atoms with van der Waals surface area (Å²) in [6.07, 6.45) is 1.78. The summed E-state index contributed by atoms with van der Waals surface area (Å²) in [6, 6.07) is 7.76. The molecular formula is C17H26Cl2N4O. The minimum atomic E-state index is -0.416. The first-order chi connectivity index (χ1) is 10.3. The van der Waals surface area contributed by atoms with Crippen LogP contribution in [0.1, 0.15) is 41.3 Å². The molecule has 5 nitrogen and oxygen atoms in total. The Morgan fingerprint density at radius 2 is 1.96 bits per heavy atom. The maximum atomic E-state index is 12.5. The Labute approximate surface area is 155 Å². The number of carbonyl (C=O) groups is 1. The number of carbonyl (C=O) groups excluding carboxylic acids is 1. The highest BCUT2D eigenvalue weighted by Crippen LogP contribution is 2.17. The lowest BCUT2D eigenvalue weighted by Crippen LogP contribution is -2.48. The van der Waals surface area contributed by atoms with Gasteiger partial charge in [-0.25, -0.2) is 0 Å². The van der Waals surface area contributed by atoms with E-state index in [-0.39, 0.29) is 30.7 Å². The molecule has 0 radical (unpaired) electrons. The average molecular weight is 373 g/mol. The van der Waals surface area contributed by atoms with Gasteiger partial charge in [0.25, 0.3) is 5.91 Å². The lowest BCUT2D eigenvalue weighted by atomic mass is 10.1. The molecule has 0 unspecified atom stereocenters. The van der Waals surface area contributed by atoms with Gasteiger partial charge < -0.3 is 15.6 Å². The minimum absolute atomic E-state index is 0. The molecule has 0 aliphatic heterocycles. The number of nitrogens with zero attached hydrogens (tertiary/aromatic N) is 2. The van der Waals surface area contributed by atoms with E-state index in [2.05, 4.69) is 14.9 Å². The Hall–Kier alpha value is -1.56. The van der Waals surface area contributed by atoms with Crippen LogP contribution in [0.15, 0.2) is 30.5 Å². The first-order valence-electron chi connectivity index (χ1n) is 7.43. The van der Waals surface area contributed by atoms with Crippen LogP contribution in [-0.4, -0.2) is 27.5 Å². The SMILES string of the molecule is Cc1cc(C(=O)NC(C)(C)CN)c(C)n1Cc1ccccn1.Cl.Cl. The third-order valence-electron chi connectivity index (χ3n) is 3.83. The number of hydrogen-bond donors (Lipinski definition) is 2. The monoisotopic (exact) mass is 372 g/mol. The molecule has 2 rings (SSSR count). The molecule has 24 heavy (non-hydrogen) atoms. The molecule has 0 aliphatic carbocycles. The molecule has 134 valence electrons. The van der Waals surface area contributed by atoms with E-state index in [1.54, 1.807) is 6.20 Å². The van der Waals surface area contributed by atoms with Gasteiger partial charge in [-0.15, -0.1) is 24.8 Å². The van der Waals surface area contributed by atoms with Crippen LogP contribution >= 0.6 is 24.8 Å². The molecule has 2 aromatic rings. The van der Waals surface area contributed by atoms with Crippen molar-refractivity contribution in [1.82, 2.24) is 14.9 Å². The summed E-state index contributed by atoms with van der Waals surface area (Å²) in [6.45, 7) is 8.84. The van der Waals surface area contributed by atoms with E-state index < -0.39 is 5.54 Å². The number of nitrogens with one attached hydrogen (secondary N) is 1. The molecule has 7 heteroatoms. The highest BCUT2D eigenvalue weighted by Gasteiger charge is 2.22. The quantitative estimate of drug-likeness (QED) is 0.847. The van der Waals surface area contributed by atoms with Crippen LogP contribution in [-0.2, 0) is 6.54 Å². The van der Waals surface area contributed by atoms with Crippen molar-refractivity contribution in [2.75, 3.05) is 6.54 Å². The first kappa shape index (κ1) is 22.4. The maximum Gasteiger partial charge on any atom is 0.253 e. The van der Waals surface area contributed by atoms with Gasteiger partial charge in [-0.1, -0.05) is 6.07 Å². The number of aromatic nitrogens is 2. The number of hydrogen-bond acceptors (Lipinski definition) is 3. The fourth-order valence-electron chi connectivity index (χ4n) is 2.35. The van der Waals surface area contributed by atoms with Crippen molar-refractivity contribution in [2.45, 2.75) is 39.8 Å². The molecule has 0 aromatic carbocycles. The Morgan fingerprint density at radius 1 is 1.29 bits per heavy atom. The molecule has 2 heterocycles. The number of rotatable bonds is 5. The van der Waals surface area contributed by atoms with Crippen LogP contribution in [0.5, 0.6) is 0 Å². The third-order valence-corrected chi connectivity index (χ3v) is 3.83. The smallest absolute Gasteiger partial charge is 0.253 e. The van der Waals surface area contributed by atoms with E-state index in [0.29, 0.717) is 18.7 Å². The van der Waals surface area contributed by atoms with Crippen molar-refractivity contribution in [3.63, 3.8) is 0 Å². The number of nitrogens with two attached hydrogens (primary N) is 1. The first-order valence-corrected chi connectivity index (χ1v) is 7.43. The van der Waals surface area contributed by atoms with Crippen LogP contribution < -0.4 is 11.1 Å². The second-order valence-corrected chi connectivity index (χ2v) is 6.23. The highest BCUT2D eigenvalue weighted by atomic mass is 35.5. The lowest BCUT2D eigenvalue weighted by Gasteiger charge is -2.24. The van der Waals surface area contributed by atoms with Gasteiger partial charge in [-0.05, 0) is 45.9 Å². The van der Waals surface area contributed by atoms with Crippen molar-refractivity contribution in [1.29, 1.82) is 0 Å². The number of amides is 1. The van der Waals surface area contributed by atoms with Gasteiger partial charge in [0.1, 0.15) is 0 Å². The van der Waals surface area contributed by atoms with Crippen LogP contribution in [0.2, 0.25) is 0 Å². The normalized spacial score (nSPS) is 10.5. The average Bonchev–Trinajstić information content (AvgIpc) is 2.76. The second-order valence-electron chi connectivity index (χ2n) is 6.23. The highest BCUT2D eigenvalue weighted by molar-refractivity contribution is 5.96. The molecule has 0 atom stereocenters. The van der Waals surface area contributed by atoms with E-state index in [4.69, 9.17) is 5.73 Å².